The second-order valence-electron chi connectivity index (χ2n) is 4.67. The lowest BCUT2D eigenvalue weighted by molar-refractivity contribution is -0.121. The van der Waals surface area contributed by atoms with Gasteiger partial charge in [0.15, 0.2) is 0 Å². The van der Waals surface area contributed by atoms with Crippen LogP contribution < -0.4 is 5.32 Å². The van der Waals surface area contributed by atoms with Gasteiger partial charge >= 0.3 is 0 Å². The van der Waals surface area contributed by atoms with Gasteiger partial charge in [0, 0.05) is 18.3 Å². The van der Waals surface area contributed by atoms with Crippen LogP contribution in [0.5, 0.6) is 0 Å². The van der Waals surface area contributed by atoms with Crippen molar-refractivity contribution in [3.05, 3.63) is 0 Å². The molecule has 0 rings (SSSR count). The molecule has 0 aromatic carbocycles. The van der Waals surface area contributed by atoms with E-state index in [1.165, 1.54) is 32.1 Å². The fraction of sp³-hybridized carbons (Fsp3) is 0.929. The molecule has 0 heterocycles. The molecule has 0 aliphatic heterocycles. The van der Waals surface area contributed by atoms with E-state index in [0.29, 0.717) is 12.3 Å². The molecule has 1 atom stereocenters. The van der Waals surface area contributed by atoms with Crippen LogP contribution in [-0.4, -0.2) is 17.8 Å². The fourth-order valence-electron chi connectivity index (χ4n) is 1.88. The predicted molar refractivity (Wildman–Crippen MR) is 75.6 cm³/mol. The standard InChI is InChI=1S/C14H28ClNO/c1-3-5-6-7-8-9-10-14(17)16-13(4-2)11-12-15/h13H,3-12H2,1-2H3,(H,16,17). The van der Waals surface area contributed by atoms with E-state index < -0.39 is 0 Å². The topological polar surface area (TPSA) is 29.1 Å². The summed E-state index contributed by atoms with van der Waals surface area (Å²) in [5.41, 5.74) is 0. The van der Waals surface area contributed by atoms with Crippen molar-refractivity contribution in [2.24, 2.45) is 0 Å². The molecular formula is C14H28ClNO. The van der Waals surface area contributed by atoms with Crippen molar-refractivity contribution in [3.8, 4) is 0 Å². The van der Waals surface area contributed by atoms with Crippen molar-refractivity contribution in [2.75, 3.05) is 5.88 Å². The van der Waals surface area contributed by atoms with Crippen molar-refractivity contribution < 1.29 is 4.79 Å². The van der Waals surface area contributed by atoms with Gasteiger partial charge in [0.2, 0.25) is 5.91 Å². The summed E-state index contributed by atoms with van der Waals surface area (Å²) >= 11 is 5.68. The summed E-state index contributed by atoms with van der Waals surface area (Å²) < 4.78 is 0. The average molecular weight is 262 g/mol. The Hall–Kier alpha value is -0.240. The molecular weight excluding hydrogens is 234 g/mol. The Labute approximate surface area is 111 Å². The molecule has 0 radical (unpaired) electrons. The number of alkyl halides is 1. The van der Waals surface area contributed by atoms with Crippen LogP contribution in [0.15, 0.2) is 0 Å². The van der Waals surface area contributed by atoms with Crippen LogP contribution in [0.25, 0.3) is 0 Å². The highest BCUT2D eigenvalue weighted by Gasteiger charge is 2.08. The Morgan fingerprint density at radius 3 is 2.35 bits per heavy atom. The van der Waals surface area contributed by atoms with Gasteiger partial charge in [0.25, 0.3) is 0 Å². The van der Waals surface area contributed by atoms with Gasteiger partial charge in [-0.25, -0.2) is 0 Å². The number of unbranched alkanes of at least 4 members (excludes halogenated alkanes) is 5. The Balaban J connectivity index is 3.44. The zero-order valence-electron chi connectivity index (χ0n) is 11.4. The molecule has 0 aliphatic rings. The van der Waals surface area contributed by atoms with E-state index in [1.54, 1.807) is 0 Å². The van der Waals surface area contributed by atoms with E-state index in [0.717, 1.165) is 19.3 Å². The number of hydrogen-bond acceptors (Lipinski definition) is 1. The quantitative estimate of drug-likeness (QED) is 0.437. The van der Waals surface area contributed by atoms with Gasteiger partial charge < -0.3 is 5.32 Å². The van der Waals surface area contributed by atoms with Crippen LogP contribution in [-0.2, 0) is 4.79 Å². The molecule has 1 unspecified atom stereocenters. The maximum Gasteiger partial charge on any atom is 0.220 e. The van der Waals surface area contributed by atoms with Crippen LogP contribution in [0.3, 0.4) is 0 Å². The first-order chi connectivity index (χ1) is 8.24. The summed E-state index contributed by atoms with van der Waals surface area (Å²) in [6.07, 6.45) is 9.88. The molecule has 0 aromatic heterocycles. The lowest BCUT2D eigenvalue weighted by atomic mass is 10.1. The zero-order valence-corrected chi connectivity index (χ0v) is 12.2. The van der Waals surface area contributed by atoms with Crippen LogP contribution in [0, 0.1) is 0 Å². The van der Waals surface area contributed by atoms with Crippen LogP contribution in [0.1, 0.15) is 71.6 Å². The van der Waals surface area contributed by atoms with E-state index in [1.807, 2.05) is 0 Å². The predicted octanol–water partition coefficient (Wildman–Crippen LogP) is 4.26. The number of halogens is 1. The smallest absolute Gasteiger partial charge is 0.220 e. The van der Waals surface area contributed by atoms with Crippen molar-refractivity contribution in [1.82, 2.24) is 5.32 Å². The first-order valence-corrected chi connectivity index (χ1v) is 7.63. The average Bonchev–Trinajstić information content (AvgIpc) is 2.33. The Kier molecular flexibility index (Phi) is 12.1. The highest BCUT2D eigenvalue weighted by Crippen LogP contribution is 2.07. The molecule has 0 saturated heterocycles. The Morgan fingerprint density at radius 1 is 1.12 bits per heavy atom. The molecule has 2 nitrogen and oxygen atoms in total. The van der Waals surface area contributed by atoms with E-state index in [9.17, 15) is 4.79 Å². The monoisotopic (exact) mass is 261 g/mol. The van der Waals surface area contributed by atoms with Crippen molar-refractivity contribution >= 4 is 17.5 Å². The van der Waals surface area contributed by atoms with Crippen LogP contribution in [0.4, 0.5) is 0 Å². The van der Waals surface area contributed by atoms with Crippen molar-refractivity contribution in [2.45, 2.75) is 77.7 Å². The zero-order chi connectivity index (χ0) is 12.9. The molecule has 1 N–H and O–H groups in total. The molecule has 102 valence electrons. The fourth-order valence-corrected chi connectivity index (χ4v) is 2.14. The van der Waals surface area contributed by atoms with Gasteiger partial charge in [0.05, 0.1) is 0 Å². The number of hydrogen-bond donors (Lipinski definition) is 1. The first kappa shape index (κ1) is 16.8. The molecule has 1 amide bonds. The SMILES string of the molecule is CCCCCCCCC(=O)NC(CC)CCCl. The minimum atomic E-state index is 0.192. The van der Waals surface area contributed by atoms with E-state index in [-0.39, 0.29) is 11.9 Å². The maximum atomic E-state index is 11.6. The van der Waals surface area contributed by atoms with Gasteiger partial charge in [-0.1, -0.05) is 46.0 Å². The number of carbonyl (C=O) groups is 1. The molecule has 3 heteroatoms. The maximum absolute atomic E-state index is 11.6. The van der Waals surface area contributed by atoms with Gasteiger partial charge in [-0.15, -0.1) is 11.6 Å². The second kappa shape index (κ2) is 12.2. The number of amides is 1. The summed E-state index contributed by atoms with van der Waals surface area (Å²) in [5.74, 6) is 0.813. The van der Waals surface area contributed by atoms with Crippen LogP contribution in [0.2, 0.25) is 0 Å². The molecule has 0 aliphatic carbocycles. The molecule has 0 fully saturated rings. The molecule has 0 spiro atoms. The Bertz CT molecular complexity index is 185. The molecule has 0 bridgehead atoms. The second-order valence-corrected chi connectivity index (χ2v) is 5.05. The summed E-state index contributed by atoms with van der Waals surface area (Å²) in [5, 5.41) is 3.05. The van der Waals surface area contributed by atoms with Gasteiger partial charge in [0.1, 0.15) is 0 Å². The van der Waals surface area contributed by atoms with Gasteiger partial charge in [-0.3, -0.25) is 4.79 Å². The van der Waals surface area contributed by atoms with E-state index in [2.05, 4.69) is 19.2 Å². The third-order valence-electron chi connectivity index (χ3n) is 3.07. The van der Waals surface area contributed by atoms with E-state index >= 15 is 0 Å². The third-order valence-corrected chi connectivity index (χ3v) is 3.29. The summed E-state index contributed by atoms with van der Waals surface area (Å²) in [6.45, 7) is 4.30. The van der Waals surface area contributed by atoms with Crippen LogP contribution >= 0.6 is 11.6 Å². The molecule has 0 saturated carbocycles. The molecule has 0 aromatic rings. The molecule has 17 heavy (non-hydrogen) atoms. The lowest BCUT2D eigenvalue weighted by Gasteiger charge is -2.15. The largest absolute Gasteiger partial charge is 0.353 e. The number of rotatable bonds is 11. The van der Waals surface area contributed by atoms with Gasteiger partial charge in [-0.2, -0.15) is 0 Å². The van der Waals surface area contributed by atoms with Crippen molar-refractivity contribution in [3.63, 3.8) is 0 Å². The first-order valence-electron chi connectivity index (χ1n) is 7.09. The summed E-state index contributed by atoms with van der Waals surface area (Å²) in [7, 11) is 0. The minimum Gasteiger partial charge on any atom is -0.353 e. The van der Waals surface area contributed by atoms with Crippen molar-refractivity contribution in [1.29, 1.82) is 0 Å². The lowest BCUT2D eigenvalue weighted by Crippen LogP contribution is -2.34. The summed E-state index contributed by atoms with van der Waals surface area (Å²) in [4.78, 5) is 11.6. The van der Waals surface area contributed by atoms with Gasteiger partial charge in [-0.05, 0) is 19.3 Å². The highest BCUT2D eigenvalue weighted by atomic mass is 35.5. The number of nitrogens with one attached hydrogen (secondary N) is 1. The third kappa shape index (κ3) is 10.6. The Morgan fingerprint density at radius 2 is 1.76 bits per heavy atom. The summed E-state index contributed by atoms with van der Waals surface area (Å²) in [6, 6.07) is 0.264. The normalized spacial score (nSPS) is 12.4. The highest BCUT2D eigenvalue weighted by molar-refractivity contribution is 6.17. The minimum absolute atomic E-state index is 0.192. The number of carbonyl (C=O) groups excluding carboxylic acids is 1. The van der Waals surface area contributed by atoms with E-state index in [4.69, 9.17) is 11.6 Å².